The standard InChI is InChI=1S/C16H18N2O4S/c1-11-9-13(5-8-15(11)22-2)16(19)18-10-12-3-6-14(7-4-12)23(17,20)21/h3-9H,10H2,1-2H3,(H,18,19)(H2,17,20,21). The van der Waals surface area contributed by atoms with Gasteiger partial charge in [0.2, 0.25) is 10.0 Å². The highest BCUT2D eigenvalue weighted by atomic mass is 32.2. The lowest BCUT2D eigenvalue weighted by molar-refractivity contribution is 0.0950. The highest BCUT2D eigenvalue weighted by molar-refractivity contribution is 7.89. The van der Waals surface area contributed by atoms with E-state index in [1.807, 2.05) is 6.92 Å². The summed E-state index contributed by atoms with van der Waals surface area (Å²) in [6.07, 6.45) is 0. The van der Waals surface area contributed by atoms with Crippen LogP contribution in [-0.2, 0) is 16.6 Å². The second-order valence-corrected chi connectivity index (χ2v) is 6.62. The van der Waals surface area contributed by atoms with Crippen molar-refractivity contribution in [2.45, 2.75) is 18.4 Å². The first-order valence-electron chi connectivity index (χ1n) is 6.86. The number of primary sulfonamides is 1. The minimum atomic E-state index is -3.70. The van der Waals surface area contributed by atoms with Crippen molar-refractivity contribution in [1.29, 1.82) is 0 Å². The van der Waals surface area contributed by atoms with E-state index in [0.29, 0.717) is 5.56 Å². The van der Waals surface area contributed by atoms with E-state index in [2.05, 4.69) is 5.32 Å². The number of ether oxygens (including phenoxy) is 1. The Morgan fingerprint density at radius 3 is 2.35 bits per heavy atom. The smallest absolute Gasteiger partial charge is 0.251 e. The molecule has 3 N–H and O–H groups in total. The number of hydrogen-bond acceptors (Lipinski definition) is 4. The van der Waals surface area contributed by atoms with Crippen molar-refractivity contribution in [2.75, 3.05) is 7.11 Å². The van der Waals surface area contributed by atoms with Crippen molar-refractivity contribution in [2.24, 2.45) is 5.14 Å². The van der Waals surface area contributed by atoms with E-state index in [0.717, 1.165) is 16.9 Å². The van der Waals surface area contributed by atoms with Crippen molar-refractivity contribution < 1.29 is 17.9 Å². The van der Waals surface area contributed by atoms with E-state index in [1.165, 1.54) is 12.1 Å². The van der Waals surface area contributed by atoms with Crippen LogP contribution in [0.3, 0.4) is 0 Å². The number of hydrogen-bond donors (Lipinski definition) is 2. The maximum atomic E-state index is 12.1. The van der Waals surface area contributed by atoms with Gasteiger partial charge in [-0.3, -0.25) is 4.79 Å². The highest BCUT2D eigenvalue weighted by Crippen LogP contribution is 2.18. The molecule has 0 aliphatic rings. The Balaban J connectivity index is 2.03. The Morgan fingerprint density at radius 1 is 1.17 bits per heavy atom. The molecule has 0 bridgehead atoms. The SMILES string of the molecule is COc1ccc(C(=O)NCc2ccc(S(N)(=O)=O)cc2)cc1C. The molecule has 122 valence electrons. The van der Waals surface area contributed by atoms with Crippen LogP contribution in [0.2, 0.25) is 0 Å². The average Bonchev–Trinajstić information content (AvgIpc) is 2.52. The number of rotatable bonds is 5. The maximum absolute atomic E-state index is 12.1. The van der Waals surface area contributed by atoms with E-state index < -0.39 is 10.0 Å². The molecule has 0 saturated carbocycles. The summed E-state index contributed by atoms with van der Waals surface area (Å²) in [4.78, 5) is 12.2. The lowest BCUT2D eigenvalue weighted by Gasteiger charge is -2.09. The van der Waals surface area contributed by atoms with Crippen LogP contribution >= 0.6 is 0 Å². The van der Waals surface area contributed by atoms with Gasteiger partial charge in [0.05, 0.1) is 12.0 Å². The third kappa shape index (κ3) is 4.30. The molecule has 0 aliphatic heterocycles. The van der Waals surface area contributed by atoms with Crippen LogP contribution in [0.5, 0.6) is 5.75 Å². The summed E-state index contributed by atoms with van der Waals surface area (Å²) in [7, 11) is -2.13. The fourth-order valence-corrected chi connectivity index (χ4v) is 2.62. The summed E-state index contributed by atoms with van der Waals surface area (Å²) in [5.41, 5.74) is 2.18. The zero-order valence-corrected chi connectivity index (χ0v) is 13.7. The number of aryl methyl sites for hydroxylation is 1. The summed E-state index contributed by atoms with van der Waals surface area (Å²) in [5, 5.41) is 7.81. The summed E-state index contributed by atoms with van der Waals surface area (Å²) in [5.74, 6) is 0.506. The van der Waals surface area contributed by atoms with Crippen LogP contribution in [-0.4, -0.2) is 21.4 Å². The highest BCUT2D eigenvalue weighted by Gasteiger charge is 2.09. The first-order valence-corrected chi connectivity index (χ1v) is 8.40. The molecule has 0 saturated heterocycles. The van der Waals surface area contributed by atoms with Gasteiger partial charge in [-0.15, -0.1) is 0 Å². The van der Waals surface area contributed by atoms with Gasteiger partial charge < -0.3 is 10.1 Å². The number of carbonyl (C=O) groups is 1. The Morgan fingerprint density at radius 2 is 1.83 bits per heavy atom. The quantitative estimate of drug-likeness (QED) is 0.867. The number of amides is 1. The molecule has 0 radical (unpaired) electrons. The van der Waals surface area contributed by atoms with Gasteiger partial charge in [-0.2, -0.15) is 0 Å². The molecule has 0 heterocycles. The number of sulfonamides is 1. The Labute approximate surface area is 135 Å². The zero-order valence-electron chi connectivity index (χ0n) is 12.9. The maximum Gasteiger partial charge on any atom is 0.251 e. The fourth-order valence-electron chi connectivity index (χ4n) is 2.10. The van der Waals surface area contributed by atoms with Gasteiger partial charge in [0.25, 0.3) is 5.91 Å². The number of carbonyl (C=O) groups excluding carboxylic acids is 1. The Bertz CT molecular complexity index is 814. The van der Waals surface area contributed by atoms with Crippen molar-refractivity contribution in [3.05, 3.63) is 59.2 Å². The minimum absolute atomic E-state index is 0.0401. The van der Waals surface area contributed by atoms with Crippen molar-refractivity contribution in [1.82, 2.24) is 5.32 Å². The molecule has 23 heavy (non-hydrogen) atoms. The van der Waals surface area contributed by atoms with E-state index in [4.69, 9.17) is 9.88 Å². The molecule has 0 spiro atoms. The lowest BCUT2D eigenvalue weighted by atomic mass is 10.1. The molecule has 2 rings (SSSR count). The molecule has 0 atom stereocenters. The van der Waals surface area contributed by atoms with Crippen molar-refractivity contribution in [3.63, 3.8) is 0 Å². The van der Waals surface area contributed by atoms with Crippen LogP contribution in [0.25, 0.3) is 0 Å². The molecule has 0 unspecified atom stereocenters. The van der Waals surface area contributed by atoms with Gasteiger partial charge in [-0.05, 0) is 48.4 Å². The molecule has 2 aromatic rings. The van der Waals surface area contributed by atoms with Gasteiger partial charge in [0, 0.05) is 12.1 Å². The Kier molecular flexibility index (Phi) is 5.02. The largest absolute Gasteiger partial charge is 0.496 e. The summed E-state index contributed by atoms with van der Waals surface area (Å²) in [6.45, 7) is 2.15. The number of methoxy groups -OCH3 is 1. The number of nitrogens with two attached hydrogens (primary N) is 1. The third-order valence-corrected chi connectivity index (χ3v) is 4.29. The normalized spacial score (nSPS) is 11.1. The van der Waals surface area contributed by atoms with E-state index in [9.17, 15) is 13.2 Å². The molecule has 6 nitrogen and oxygen atoms in total. The van der Waals surface area contributed by atoms with Gasteiger partial charge in [0.1, 0.15) is 5.75 Å². The molecule has 0 fully saturated rings. The zero-order chi connectivity index (χ0) is 17.0. The first-order chi connectivity index (χ1) is 10.8. The molecule has 0 aliphatic carbocycles. The second kappa shape index (κ2) is 6.80. The summed E-state index contributed by atoms with van der Waals surface area (Å²) < 4.78 is 27.5. The summed E-state index contributed by atoms with van der Waals surface area (Å²) >= 11 is 0. The van der Waals surface area contributed by atoms with E-state index in [-0.39, 0.29) is 17.3 Å². The summed E-state index contributed by atoms with van der Waals surface area (Å²) in [6, 6.07) is 11.2. The first kappa shape index (κ1) is 17.0. The molecule has 0 aromatic heterocycles. The average molecular weight is 334 g/mol. The number of benzene rings is 2. The van der Waals surface area contributed by atoms with Crippen molar-refractivity contribution >= 4 is 15.9 Å². The third-order valence-electron chi connectivity index (χ3n) is 3.36. The van der Waals surface area contributed by atoms with Crippen molar-refractivity contribution in [3.8, 4) is 5.75 Å². The van der Waals surface area contributed by atoms with Gasteiger partial charge in [-0.1, -0.05) is 12.1 Å². The Hall–Kier alpha value is -2.38. The second-order valence-electron chi connectivity index (χ2n) is 5.06. The van der Waals surface area contributed by atoms with Crippen LogP contribution in [0.1, 0.15) is 21.5 Å². The topological polar surface area (TPSA) is 98.5 Å². The van der Waals surface area contributed by atoms with Crippen LogP contribution in [0.15, 0.2) is 47.4 Å². The predicted octanol–water partition coefficient (Wildman–Crippen LogP) is 1.58. The fraction of sp³-hybridized carbons (Fsp3) is 0.188. The lowest BCUT2D eigenvalue weighted by Crippen LogP contribution is -2.23. The van der Waals surface area contributed by atoms with Gasteiger partial charge in [-0.25, -0.2) is 13.6 Å². The van der Waals surface area contributed by atoms with Crippen LogP contribution in [0, 0.1) is 6.92 Å². The van der Waals surface area contributed by atoms with Gasteiger partial charge >= 0.3 is 0 Å². The van der Waals surface area contributed by atoms with Crippen LogP contribution in [0.4, 0.5) is 0 Å². The molecule has 7 heteroatoms. The van der Waals surface area contributed by atoms with E-state index in [1.54, 1.807) is 37.4 Å². The van der Waals surface area contributed by atoms with Gasteiger partial charge in [0.15, 0.2) is 0 Å². The predicted molar refractivity (Wildman–Crippen MR) is 86.7 cm³/mol. The molecular weight excluding hydrogens is 316 g/mol. The number of nitrogens with one attached hydrogen (secondary N) is 1. The monoisotopic (exact) mass is 334 g/mol. The molecule has 2 aromatic carbocycles. The van der Waals surface area contributed by atoms with E-state index >= 15 is 0 Å². The minimum Gasteiger partial charge on any atom is -0.496 e. The molecule has 1 amide bonds. The molecular formula is C16H18N2O4S. The van der Waals surface area contributed by atoms with Crippen LogP contribution < -0.4 is 15.2 Å².